The number of aromatic nitrogens is 1. The Labute approximate surface area is 107 Å². The molecule has 2 aromatic rings. The lowest BCUT2D eigenvalue weighted by Gasteiger charge is -2.27. The largest absolute Gasteiger partial charge is 0.361 e. The van der Waals surface area contributed by atoms with E-state index in [4.69, 9.17) is 12.2 Å². The zero-order chi connectivity index (χ0) is 11.7. The molecule has 17 heavy (non-hydrogen) atoms. The third-order valence-corrected chi connectivity index (χ3v) is 3.82. The summed E-state index contributed by atoms with van der Waals surface area (Å²) in [5.74, 6) is 0.744. The maximum absolute atomic E-state index is 5.23. The summed E-state index contributed by atoms with van der Waals surface area (Å²) in [5, 5.41) is 0. The van der Waals surface area contributed by atoms with Crippen molar-refractivity contribution in [1.82, 2.24) is 4.98 Å². The van der Waals surface area contributed by atoms with Gasteiger partial charge in [0, 0.05) is 22.0 Å². The summed E-state index contributed by atoms with van der Waals surface area (Å²) in [5.41, 5.74) is 3.92. The number of pyridine rings is 1. The van der Waals surface area contributed by atoms with E-state index in [2.05, 4.69) is 29.2 Å². The maximum Gasteiger partial charge on any atom is 0.0470 e. The van der Waals surface area contributed by atoms with Crippen molar-refractivity contribution in [2.45, 2.75) is 25.2 Å². The van der Waals surface area contributed by atoms with Crippen LogP contribution in [0.4, 0.5) is 0 Å². The summed E-state index contributed by atoms with van der Waals surface area (Å²) in [4.78, 5) is 3.30. The van der Waals surface area contributed by atoms with Crippen LogP contribution in [-0.2, 0) is 0 Å². The molecule has 1 saturated carbocycles. The second kappa shape index (κ2) is 4.46. The second-order valence-electron chi connectivity index (χ2n) is 4.65. The van der Waals surface area contributed by atoms with Crippen molar-refractivity contribution < 1.29 is 0 Å². The highest BCUT2D eigenvalue weighted by atomic mass is 32.1. The summed E-state index contributed by atoms with van der Waals surface area (Å²) in [6, 6.07) is 12.6. The van der Waals surface area contributed by atoms with Gasteiger partial charge in [-0.1, -0.05) is 42.9 Å². The van der Waals surface area contributed by atoms with E-state index < -0.39 is 0 Å². The van der Waals surface area contributed by atoms with Crippen LogP contribution in [0.25, 0.3) is 11.3 Å². The van der Waals surface area contributed by atoms with Gasteiger partial charge in [-0.2, -0.15) is 0 Å². The maximum atomic E-state index is 5.23. The monoisotopic (exact) mass is 241 g/mol. The van der Waals surface area contributed by atoms with Crippen LogP contribution in [0.3, 0.4) is 0 Å². The van der Waals surface area contributed by atoms with Gasteiger partial charge in [-0.15, -0.1) is 0 Å². The minimum Gasteiger partial charge on any atom is -0.361 e. The molecule has 0 aliphatic heterocycles. The van der Waals surface area contributed by atoms with Crippen LogP contribution in [0.1, 0.15) is 30.7 Å². The first-order chi connectivity index (χ1) is 8.34. The third-order valence-electron chi connectivity index (χ3n) is 3.57. The highest BCUT2D eigenvalue weighted by Gasteiger charge is 2.22. The molecule has 0 saturated heterocycles. The molecular formula is C15H15NS. The quantitative estimate of drug-likeness (QED) is 0.755. The highest BCUT2D eigenvalue weighted by Crippen LogP contribution is 2.40. The molecule has 0 bridgehead atoms. The number of aromatic amines is 1. The van der Waals surface area contributed by atoms with E-state index in [1.807, 2.05) is 18.3 Å². The van der Waals surface area contributed by atoms with Gasteiger partial charge in [0.15, 0.2) is 0 Å². The lowest BCUT2D eigenvalue weighted by atomic mass is 9.78. The van der Waals surface area contributed by atoms with E-state index in [9.17, 15) is 0 Å². The summed E-state index contributed by atoms with van der Waals surface area (Å²) in [7, 11) is 0. The summed E-state index contributed by atoms with van der Waals surface area (Å²) < 4.78 is 0.891. The molecule has 0 spiro atoms. The van der Waals surface area contributed by atoms with Crippen LogP contribution in [0, 0.1) is 4.51 Å². The average Bonchev–Trinajstić information content (AvgIpc) is 2.27. The van der Waals surface area contributed by atoms with Crippen molar-refractivity contribution in [3.63, 3.8) is 0 Å². The summed E-state index contributed by atoms with van der Waals surface area (Å²) in [6.45, 7) is 0. The number of hydrogen-bond donors (Lipinski definition) is 1. The van der Waals surface area contributed by atoms with Crippen LogP contribution in [0.15, 0.2) is 42.6 Å². The summed E-state index contributed by atoms with van der Waals surface area (Å²) in [6.07, 6.45) is 5.94. The van der Waals surface area contributed by atoms with E-state index in [1.54, 1.807) is 0 Å². The molecular weight excluding hydrogens is 226 g/mol. The molecule has 1 fully saturated rings. The van der Waals surface area contributed by atoms with Crippen LogP contribution in [-0.4, -0.2) is 4.98 Å². The topological polar surface area (TPSA) is 15.8 Å². The summed E-state index contributed by atoms with van der Waals surface area (Å²) >= 11 is 5.23. The molecule has 1 aromatic carbocycles. The van der Waals surface area contributed by atoms with Gasteiger partial charge in [-0.3, -0.25) is 0 Å². The number of hydrogen-bond acceptors (Lipinski definition) is 1. The van der Waals surface area contributed by atoms with Gasteiger partial charge in [0.1, 0.15) is 0 Å². The van der Waals surface area contributed by atoms with Crippen LogP contribution in [0.5, 0.6) is 0 Å². The Kier molecular flexibility index (Phi) is 2.81. The number of rotatable bonds is 2. The Morgan fingerprint density at radius 1 is 1.12 bits per heavy atom. The first-order valence-electron chi connectivity index (χ1n) is 6.12. The first-order valence-corrected chi connectivity index (χ1v) is 6.53. The minimum atomic E-state index is 0.744. The van der Waals surface area contributed by atoms with E-state index in [0.29, 0.717) is 0 Å². The Balaban J connectivity index is 2.10. The molecule has 1 aromatic heterocycles. The van der Waals surface area contributed by atoms with Gasteiger partial charge in [-0.25, -0.2) is 0 Å². The van der Waals surface area contributed by atoms with Crippen molar-refractivity contribution in [3.8, 4) is 11.3 Å². The zero-order valence-corrected chi connectivity index (χ0v) is 10.5. The second-order valence-corrected chi connectivity index (χ2v) is 5.12. The number of H-pyrrole nitrogens is 1. The van der Waals surface area contributed by atoms with Gasteiger partial charge < -0.3 is 4.98 Å². The number of benzene rings is 1. The van der Waals surface area contributed by atoms with Crippen molar-refractivity contribution in [2.24, 2.45) is 0 Å². The van der Waals surface area contributed by atoms with Crippen LogP contribution < -0.4 is 0 Å². The molecule has 0 atom stereocenters. The average molecular weight is 241 g/mol. The van der Waals surface area contributed by atoms with Crippen LogP contribution >= 0.6 is 12.2 Å². The van der Waals surface area contributed by atoms with Crippen molar-refractivity contribution in [1.29, 1.82) is 0 Å². The normalized spacial score (nSPS) is 15.5. The zero-order valence-electron chi connectivity index (χ0n) is 9.65. The molecule has 86 valence electrons. The Morgan fingerprint density at radius 3 is 2.65 bits per heavy atom. The fraction of sp³-hybridized carbons (Fsp3) is 0.267. The fourth-order valence-electron chi connectivity index (χ4n) is 2.42. The Bertz CT molecular complexity index is 581. The molecule has 1 aliphatic rings. The fourth-order valence-corrected chi connectivity index (χ4v) is 2.60. The first kappa shape index (κ1) is 10.7. The van der Waals surface area contributed by atoms with Gasteiger partial charge in [0.05, 0.1) is 0 Å². The predicted octanol–water partition coefficient (Wildman–Crippen LogP) is 4.68. The van der Waals surface area contributed by atoms with E-state index >= 15 is 0 Å². The Morgan fingerprint density at radius 2 is 1.94 bits per heavy atom. The highest BCUT2D eigenvalue weighted by molar-refractivity contribution is 7.71. The Hall–Kier alpha value is -1.41. The molecule has 1 nitrogen and oxygen atoms in total. The lowest BCUT2D eigenvalue weighted by molar-refractivity contribution is 0.420. The minimum absolute atomic E-state index is 0.744. The van der Waals surface area contributed by atoms with E-state index in [1.165, 1.54) is 30.4 Å². The molecule has 1 heterocycles. The molecule has 3 rings (SSSR count). The van der Waals surface area contributed by atoms with Gasteiger partial charge >= 0.3 is 0 Å². The predicted molar refractivity (Wildman–Crippen MR) is 73.7 cm³/mol. The molecule has 0 unspecified atom stereocenters. The molecule has 0 amide bonds. The SMILES string of the molecule is S=c1cc[nH]c(-c2ccccc2C2CCC2)c1. The standard InChI is InChI=1S/C15H15NS/c17-12-8-9-16-15(10-12)14-7-2-1-6-13(14)11-4-3-5-11/h1-2,6-11H,3-5H2,(H,16,17). The smallest absolute Gasteiger partial charge is 0.0470 e. The molecule has 2 heteroatoms. The third kappa shape index (κ3) is 2.05. The van der Waals surface area contributed by atoms with Crippen molar-refractivity contribution >= 4 is 12.2 Å². The van der Waals surface area contributed by atoms with Crippen LogP contribution in [0.2, 0.25) is 0 Å². The molecule has 0 radical (unpaired) electrons. The molecule has 1 N–H and O–H groups in total. The van der Waals surface area contributed by atoms with E-state index in [0.717, 1.165) is 16.1 Å². The van der Waals surface area contributed by atoms with Crippen molar-refractivity contribution in [2.75, 3.05) is 0 Å². The van der Waals surface area contributed by atoms with Gasteiger partial charge in [0.2, 0.25) is 0 Å². The van der Waals surface area contributed by atoms with Crippen molar-refractivity contribution in [3.05, 3.63) is 52.7 Å². The number of nitrogens with one attached hydrogen (secondary N) is 1. The lowest BCUT2D eigenvalue weighted by Crippen LogP contribution is -2.10. The van der Waals surface area contributed by atoms with E-state index in [-0.39, 0.29) is 0 Å². The van der Waals surface area contributed by atoms with Gasteiger partial charge in [-0.05, 0) is 36.5 Å². The van der Waals surface area contributed by atoms with Gasteiger partial charge in [0.25, 0.3) is 0 Å². The molecule has 1 aliphatic carbocycles.